The second-order valence-corrected chi connectivity index (χ2v) is 4.65. The lowest BCUT2D eigenvalue weighted by molar-refractivity contribution is 0.446. The maximum Gasteiger partial charge on any atom is 0.203 e. The molecule has 4 nitrogen and oxygen atoms in total. The summed E-state index contributed by atoms with van der Waals surface area (Å²) in [6.45, 7) is 2.13. The fourth-order valence-electron chi connectivity index (χ4n) is 2.49. The summed E-state index contributed by atoms with van der Waals surface area (Å²) in [6.07, 6.45) is 2.48. The number of imidazole rings is 1. The van der Waals surface area contributed by atoms with Crippen LogP contribution >= 0.6 is 0 Å². The molecule has 1 aromatic heterocycles. The third kappa shape index (κ3) is 2.00. The Morgan fingerprint density at radius 3 is 3.12 bits per heavy atom. The van der Waals surface area contributed by atoms with E-state index in [1.54, 1.807) is 0 Å². The van der Waals surface area contributed by atoms with Crippen molar-refractivity contribution < 1.29 is 0 Å². The molecule has 1 atom stereocenters. The van der Waals surface area contributed by atoms with Gasteiger partial charge in [0.15, 0.2) is 0 Å². The van der Waals surface area contributed by atoms with E-state index in [9.17, 15) is 0 Å². The Bertz CT molecular complexity index is 472. The molecule has 0 spiro atoms. The number of para-hydroxylation sites is 2. The number of benzene rings is 1. The molecule has 0 saturated carbocycles. The molecular formula is C13H18N4. The van der Waals surface area contributed by atoms with Gasteiger partial charge in [0.2, 0.25) is 5.95 Å². The number of hydrogen-bond donors (Lipinski definition) is 2. The van der Waals surface area contributed by atoms with E-state index in [1.165, 1.54) is 12.8 Å². The molecule has 90 valence electrons. The van der Waals surface area contributed by atoms with Gasteiger partial charge in [0.05, 0.1) is 11.0 Å². The first kappa shape index (κ1) is 10.6. The minimum Gasteiger partial charge on any atom is -0.341 e. The Morgan fingerprint density at radius 2 is 2.29 bits per heavy atom. The number of rotatable bonds is 2. The Kier molecular flexibility index (Phi) is 2.73. The second kappa shape index (κ2) is 4.37. The fraction of sp³-hybridized carbons (Fsp3) is 0.462. The van der Waals surface area contributed by atoms with Crippen LogP contribution in [0.15, 0.2) is 24.3 Å². The van der Waals surface area contributed by atoms with Gasteiger partial charge in [0.1, 0.15) is 0 Å². The molecule has 0 amide bonds. The summed E-state index contributed by atoms with van der Waals surface area (Å²) in [4.78, 5) is 10.4. The standard InChI is InChI=1S/C13H18N4/c1-14-10-5-4-8-17(9-10)13-15-11-6-2-3-7-12(11)16-13/h2-3,6-7,10,14H,4-5,8-9H2,1H3,(H,15,16). The van der Waals surface area contributed by atoms with Crippen molar-refractivity contribution in [2.24, 2.45) is 0 Å². The summed E-state index contributed by atoms with van der Waals surface area (Å²) in [5, 5.41) is 3.35. The fourth-order valence-corrected chi connectivity index (χ4v) is 2.49. The average molecular weight is 230 g/mol. The van der Waals surface area contributed by atoms with Gasteiger partial charge in [0, 0.05) is 19.1 Å². The highest BCUT2D eigenvalue weighted by atomic mass is 15.3. The molecule has 17 heavy (non-hydrogen) atoms. The van der Waals surface area contributed by atoms with E-state index in [-0.39, 0.29) is 0 Å². The first-order valence-electron chi connectivity index (χ1n) is 6.24. The van der Waals surface area contributed by atoms with Crippen LogP contribution in [-0.4, -0.2) is 36.1 Å². The van der Waals surface area contributed by atoms with Crippen molar-refractivity contribution >= 4 is 17.0 Å². The van der Waals surface area contributed by atoms with Crippen molar-refractivity contribution in [2.75, 3.05) is 25.0 Å². The first-order chi connectivity index (χ1) is 8.36. The van der Waals surface area contributed by atoms with Crippen LogP contribution in [0.4, 0.5) is 5.95 Å². The summed E-state index contributed by atoms with van der Waals surface area (Å²) in [7, 11) is 2.03. The summed E-state index contributed by atoms with van der Waals surface area (Å²) in [5.41, 5.74) is 2.17. The second-order valence-electron chi connectivity index (χ2n) is 4.65. The number of nitrogens with one attached hydrogen (secondary N) is 2. The predicted octanol–water partition coefficient (Wildman–Crippen LogP) is 1.75. The number of hydrogen-bond acceptors (Lipinski definition) is 3. The molecule has 1 aliphatic rings. The summed E-state index contributed by atoms with van der Waals surface area (Å²) >= 11 is 0. The summed E-state index contributed by atoms with van der Waals surface area (Å²) in [6, 6.07) is 8.77. The molecule has 3 rings (SSSR count). The van der Waals surface area contributed by atoms with Crippen LogP contribution in [0.1, 0.15) is 12.8 Å². The minimum atomic E-state index is 0.581. The van der Waals surface area contributed by atoms with Crippen molar-refractivity contribution in [3.63, 3.8) is 0 Å². The normalized spacial score (nSPS) is 21.0. The van der Waals surface area contributed by atoms with Crippen LogP contribution in [0.5, 0.6) is 0 Å². The largest absolute Gasteiger partial charge is 0.341 e. The summed E-state index contributed by atoms with van der Waals surface area (Å²) in [5.74, 6) is 1.01. The number of likely N-dealkylation sites (N-methyl/N-ethyl adjacent to an activating group) is 1. The number of aromatic nitrogens is 2. The molecule has 0 radical (unpaired) electrons. The van der Waals surface area contributed by atoms with Gasteiger partial charge >= 0.3 is 0 Å². The van der Waals surface area contributed by atoms with E-state index >= 15 is 0 Å². The van der Waals surface area contributed by atoms with Crippen LogP contribution in [-0.2, 0) is 0 Å². The molecule has 1 aliphatic heterocycles. The lowest BCUT2D eigenvalue weighted by Gasteiger charge is -2.32. The molecular weight excluding hydrogens is 212 g/mol. The Morgan fingerprint density at radius 1 is 1.41 bits per heavy atom. The molecule has 1 fully saturated rings. The van der Waals surface area contributed by atoms with Gasteiger partial charge in [-0.2, -0.15) is 0 Å². The van der Waals surface area contributed by atoms with E-state index in [0.29, 0.717) is 6.04 Å². The maximum absolute atomic E-state index is 4.65. The van der Waals surface area contributed by atoms with E-state index in [4.69, 9.17) is 0 Å². The summed E-state index contributed by atoms with van der Waals surface area (Å²) < 4.78 is 0. The van der Waals surface area contributed by atoms with Crippen molar-refractivity contribution in [3.8, 4) is 0 Å². The number of piperidine rings is 1. The number of fused-ring (bicyclic) bond motifs is 1. The minimum absolute atomic E-state index is 0.581. The Labute approximate surface area is 101 Å². The van der Waals surface area contributed by atoms with Crippen LogP contribution in [0, 0.1) is 0 Å². The molecule has 4 heteroatoms. The average Bonchev–Trinajstić information content (AvgIpc) is 2.82. The Hall–Kier alpha value is -1.55. The number of nitrogens with zero attached hydrogens (tertiary/aromatic N) is 2. The molecule has 2 heterocycles. The van der Waals surface area contributed by atoms with Crippen molar-refractivity contribution in [2.45, 2.75) is 18.9 Å². The van der Waals surface area contributed by atoms with Gasteiger partial charge in [-0.05, 0) is 32.0 Å². The van der Waals surface area contributed by atoms with Crippen LogP contribution in [0.3, 0.4) is 0 Å². The molecule has 0 aliphatic carbocycles. The van der Waals surface area contributed by atoms with Crippen LogP contribution in [0.2, 0.25) is 0 Å². The lowest BCUT2D eigenvalue weighted by Crippen LogP contribution is -2.44. The van der Waals surface area contributed by atoms with E-state index in [0.717, 1.165) is 30.1 Å². The highest BCUT2D eigenvalue weighted by Crippen LogP contribution is 2.20. The van der Waals surface area contributed by atoms with Gasteiger partial charge < -0.3 is 15.2 Å². The number of anilines is 1. The molecule has 2 aromatic rings. The van der Waals surface area contributed by atoms with E-state index in [1.807, 2.05) is 19.2 Å². The maximum atomic E-state index is 4.65. The molecule has 1 aromatic carbocycles. The quantitative estimate of drug-likeness (QED) is 0.826. The van der Waals surface area contributed by atoms with Crippen molar-refractivity contribution in [3.05, 3.63) is 24.3 Å². The molecule has 1 saturated heterocycles. The monoisotopic (exact) mass is 230 g/mol. The van der Waals surface area contributed by atoms with Gasteiger partial charge in [-0.25, -0.2) is 4.98 Å². The van der Waals surface area contributed by atoms with Gasteiger partial charge in [-0.1, -0.05) is 12.1 Å². The third-order valence-corrected chi connectivity index (χ3v) is 3.51. The SMILES string of the molecule is CNC1CCCN(c2nc3ccccc3[nH]2)C1. The highest BCUT2D eigenvalue weighted by molar-refractivity contribution is 5.77. The zero-order chi connectivity index (χ0) is 11.7. The number of H-pyrrole nitrogens is 1. The topological polar surface area (TPSA) is 44.0 Å². The predicted molar refractivity (Wildman–Crippen MR) is 70.4 cm³/mol. The molecule has 0 bridgehead atoms. The van der Waals surface area contributed by atoms with Gasteiger partial charge in [-0.3, -0.25) is 0 Å². The van der Waals surface area contributed by atoms with Crippen molar-refractivity contribution in [1.82, 2.24) is 15.3 Å². The first-order valence-corrected chi connectivity index (χ1v) is 6.24. The Balaban J connectivity index is 1.87. The van der Waals surface area contributed by atoms with Crippen molar-refractivity contribution in [1.29, 1.82) is 0 Å². The van der Waals surface area contributed by atoms with Gasteiger partial charge in [-0.15, -0.1) is 0 Å². The molecule has 2 N–H and O–H groups in total. The van der Waals surface area contributed by atoms with Crippen LogP contribution < -0.4 is 10.2 Å². The molecule has 1 unspecified atom stereocenters. The van der Waals surface area contributed by atoms with Crippen LogP contribution in [0.25, 0.3) is 11.0 Å². The van der Waals surface area contributed by atoms with Gasteiger partial charge in [0.25, 0.3) is 0 Å². The highest BCUT2D eigenvalue weighted by Gasteiger charge is 2.20. The number of aromatic amines is 1. The zero-order valence-corrected chi connectivity index (χ0v) is 10.1. The smallest absolute Gasteiger partial charge is 0.203 e. The zero-order valence-electron chi connectivity index (χ0n) is 10.1. The lowest BCUT2D eigenvalue weighted by atomic mass is 10.1. The van der Waals surface area contributed by atoms with E-state index in [2.05, 4.69) is 32.3 Å². The van der Waals surface area contributed by atoms with E-state index < -0.39 is 0 Å². The third-order valence-electron chi connectivity index (χ3n) is 3.51.